The summed E-state index contributed by atoms with van der Waals surface area (Å²) in [5.41, 5.74) is 0.883. The Morgan fingerprint density at radius 1 is 1.21 bits per heavy atom. The van der Waals surface area contributed by atoms with Gasteiger partial charge in [0.1, 0.15) is 6.54 Å². The van der Waals surface area contributed by atoms with Gasteiger partial charge in [0.05, 0.1) is 10.2 Å². The SMILES string of the molecule is Cc1ccc(S(=O)(=O)N(CC(=O)N(C)C)N=O)cc1. The molecule has 1 aromatic rings. The van der Waals surface area contributed by atoms with Gasteiger partial charge in [0.15, 0.2) is 0 Å². The number of nitrogens with zero attached hydrogens (tertiary/aromatic N) is 3. The maximum absolute atomic E-state index is 12.1. The van der Waals surface area contributed by atoms with E-state index in [9.17, 15) is 18.1 Å². The van der Waals surface area contributed by atoms with E-state index in [-0.39, 0.29) is 9.31 Å². The Morgan fingerprint density at radius 2 is 1.74 bits per heavy atom. The number of aryl methyl sites for hydroxylation is 1. The highest BCUT2D eigenvalue weighted by Gasteiger charge is 2.27. The molecule has 1 amide bonds. The molecule has 0 aliphatic carbocycles. The molecule has 8 heteroatoms. The highest BCUT2D eigenvalue weighted by molar-refractivity contribution is 7.89. The van der Waals surface area contributed by atoms with E-state index in [0.717, 1.165) is 5.56 Å². The summed E-state index contributed by atoms with van der Waals surface area (Å²) in [6, 6.07) is 5.93. The first-order chi connectivity index (χ1) is 8.78. The largest absolute Gasteiger partial charge is 0.347 e. The summed E-state index contributed by atoms with van der Waals surface area (Å²) in [5.74, 6) is -0.532. The molecule has 0 aliphatic heterocycles. The third-order valence-corrected chi connectivity index (χ3v) is 4.08. The molecule has 7 nitrogen and oxygen atoms in total. The van der Waals surface area contributed by atoms with Crippen LogP contribution < -0.4 is 0 Å². The molecular weight excluding hydrogens is 270 g/mol. The van der Waals surface area contributed by atoms with Crippen molar-refractivity contribution in [2.75, 3.05) is 20.6 Å². The van der Waals surface area contributed by atoms with Crippen LogP contribution in [0.2, 0.25) is 0 Å². The van der Waals surface area contributed by atoms with Gasteiger partial charge in [-0.25, -0.2) is 0 Å². The predicted octanol–water partition coefficient (Wildman–Crippen LogP) is 0.755. The monoisotopic (exact) mass is 285 g/mol. The van der Waals surface area contributed by atoms with Crippen molar-refractivity contribution >= 4 is 15.9 Å². The topological polar surface area (TPSA) is 87.1 Å². The number of likely N-dealkylation sites (N-methyl/N-ethyl adjacent to an activating group) is 1. The van der Waals surface area contributed by atoms with Gasteiger partial charge in [-0.2, -0.15) is 8.42 Å². The molecule has 19 heavy (non-hydrogen) atoms. The van der Waals surface area contributed by atoms with Gasteiger partial charge in [0.2, 0.25) is 5.91 Å². The summed E-state index contributed by atoms with van der Waals surface area (Å²) < 4.78 is 24.4. The molecule has 0 heterocycles. The molecule has 104 valence electrons. The number of hydrogen-bond donors (Lipinski definition) is 0. The number of sulfonamides is 1. The quantitative estimate of drug-likeness (QED) is 0.590. The van der Waals surface area contributed by atoms with Crippen molar-refractivity contribution in [3.05, 3.63) is 34.7 Å². The Morgan fingerprint density at radius 3 is 2.16 bits per heavy atom. The molecule has 0 fully saturated rings. The van der Waals surface area contributed by atoms with Gasteiger partial charge < -0.3 is 4.90 Å². The smallest absolute Gasteiger partial charge is 0.282 e. The zero-order valence-corrected chi connectivity index (χ0v) is 11.7. The lowest BCUT2D eigenvalue weighted by atomic mass is 10.2. The normalized spacial score (nSPS) is 10.9. The number of hydrogen-bond acceptors (Lipinski definition) is 5. The van der Waals surface area contributed by atoms with E-state index >= 15 is 0 Å². The average Bonchev–Trinajstić information content (AvgIpc) is 2.35. The minimum Gasteiger partial charge on any atom is -0.347 e. The molecule has 0 spiro atoms. The Hall–Kier alpha value is -1.96. The first-order valence-corrected chi connectivity index (χ1v) is 6.86. The van der Waals surface area contributed by atoms with E-state index < -0.39 is 22.5 Å². The van der Waals surface area contributed by atoms with Crippen molar-refractivity contribution in [3.8, 4) is 0 Å². The second-order valence-corrected chi connectivity index (χ2v) is 6.01. The average molecular weight is 285 g/mol. The lowest BCUT2D eigenvalue weighted by molar-refractivity contribution is -0.128. The summed E-state index contributed by atoms with van der Waals surface area (Å²) >= 11 is 0. The molecule has 0 aromatic heterocycles. The highest BCUT2D eigenvalue weighted by Crippen LogP contribution is 2.16. The Bertz CT molecular complexity index is 566. The minimum absolute atomic E-state index is 0.0794. The molecule has 1 aromatic carbocycles. The van der Waals surface area contributed by atoms with Crippen LogP contribution in [-0.2, 0) is 14.8 Å². The van der Waals surface area contributed by atoms with Gasteiger partial charge >= 0.3 is 0 Å². The molecule has 0 bridgehead atoms. The van der Waals surface area contributed by atoms with Crippen molar-refractivity contribution < 1.29 is 13.2 Å². The van der Waals surface area contributed by atoms with Crippen LogP contribution >= 0.6 is 0 Å². The van der Waals surface area contributed by atoms with E-state index in [1.165, 1.54) is 31.1 Å². The number of benzene rings is 1. The van der Waals surface area contributed by atoms with Crippen LogP contribution in [0.25, 0.3) is 0 Å². The number of amides is 1. The molecule has 0 saturated heterocycles. The van der Waals surface area contributed by atoms with Crippen molar-refractivity contribution in [1.29, 1.82) is 0 Å². The first-order valence-electron chi connectivity index (χ1n) is 5.42. The third kappa shape index (κ3) is 3.50. The fourth-order valence-electron chi connectivity index (χ4n) is 1.25. The second-order valence-electron chi connectivity index (χ2n) is 4.17. The van der Waals surface area contributed by atoms with Crippen LogP contribution in [0.4, 0.5) is 0 Å². The lowest BCUT2D eigenvalue weighted by Gasteiger charge is -2.17. The van der Waals surface area contributed by atoms with E-state index in [1.807, 2.05) is 6.92 Å². The number of carbonyl (C=O) groups excluding carboxylic acids is 1. The first kappa shape index (κ1) is 15.1. The number of nitroso groups, excluding NO2 is 1. The Kier molecular flexibility index (Phi) is 4.60. The summed E-state index contributed by atoms with van der Waals surface area (Å²) in [6.45, 7) is 1.19. The predicted molar refractivity (Wildman–Crippen MR) is 69.6 cm³/mol. The maximum atomic E-state index is 12.1. The Balaban J connectivity index is 3.06. The Labute approximate surface area is 111 Å². The van der Waals surface area contributed by atoms with Gasteiger partial charge in [-0.05, 0) is 19.1 Å². The van der Waals surface area contributed by atoms with Gasteiger partial charge in [-0.1, -0.05) is 17.7 Å². The maximum Gasteiger partial charge on any atom is 0.282 e. The van der Waals surface area contributed by atoms with Gasteiger partial charge in [-0.15, -0.1) is 9.32 Å². The van der Waals surface area contributed by atoms with E-state index in [1.54, 1.807) is 12.1 Å². The van der Waals surface area contributed by atoms with E-state index in [2.05, 4.69) is 5.29 Å². The second kappa shape index (κ2) is 5.79. The number of carbonyl (C=O) groups is 1. The molecule has 0 unspecified atom stereocenters. The standard InChI is InChI=1S/C11H15N3O4S/c1-9-4-6-10(7-5-9)19(17,18)14(12-16)8-11(15)13(2)3/h4-7H,8H2,1-3H3. The van der Waals surface area contributed by atoms with Gasteiger partial charge in [0, 0.05) is 14.1 Å². The van der Waals surface area contributed by atoms with Crippen LogP contribution in [0.15, 0.2) is 34.4 Å². The highest BCUT2D eigenvalue weighted by atomic mass is 32.2. The van der Waals surface area contributed by atoms with Crippen LogP contribution in [-0.4, -0.2) is 44.3 Å². The zero-order chi connectivity index (χ0) is 14.6. The van der Waals surface area contributed by atoms with Gasteiger partial charge in [0.25, 0.3) is 10.0 Å². The van der Waals surface area contributed by atoms with Gasteiger partial charge in [-0.3, -0.25) is 4.79 Å². The lowest BCUT2D eigenvalue weighted by Crippen LogP contribution is -2.36. The zero-order valence-electron chi connectivity index (χ0n) is 10.9. The summed E-state index contributed by atoms with van der Waals surface area (Å²) in [5, 5.41) is 2.43. The number of rotatable bonds is 5. The molecular formula is C11H15N3O4S. The molecule has 0 N–H and O–H groups in total. The van der Waals surface area contributed by atoms with E-state index in [0.29, 0.717) is 0 Å². The van der Waals surface area contributed by atoms with Crippen molar-refractivity contribution in [1.82, 2.24) is 9.31 Å². The third-order valence-electron chi connectivity index (χ3n) is 2.46. The van der Waals surface area contributed by atoms with Crippen molar-refractivity contribution in [2.24, 2.45) is 5.29 Å². The summed E-state index contributed by atoms with van der Waals surface area (Å²) in [6.07, 6.45) is 0. The van der Waals surface area contributed by atoms with Crippen molar-refractivity contribution in [3.63, 3.8) is 0 Å². The van der Waals surface area contributed by atoms with E-state index in [4.69, 9.17) is 0 Å². The van der Waals surface area contributed by atoms with Crippen LogP contribution in [0.5, 0.6) is 0 Å². The summed E-state index contributed by atoms with van der Waals surface area (Å²) in [7, 11) is -1.17. The van der Waals surface area contributed by atoms with Crippen LogP contribution in [0.1, 0.15) is 5.56 Å². The summed E-state index contributed by atoms with van der Waals surface area (Å²) in [4.78, 5) is 23.2. The molecule has 1 rings (SSSR count). The van der Waals surface area contributed by atoms with Crippen LogP contribution in [0.3, 0.4) is 0 Å². The molecule has 0 aliphatic rings. The molecule has 0 saturated carbocycles. The molecule has 0 atom stereocenters. The fraction of sp³-hybridized carbons (Fsp3) is 0.364. The minimum atomic E-state index is -4.09. The van der Waals surface area contributed by atoms with Crippen molar-refractivity contribution in [2.45, 2.75) is 11.8 Å². The van der Waals surface area contributed by atoms with Crippen LogP contribution in [0, 0.1) is 11.8 Å². The fourth-order valence-corrected chi connectivity index (χ4v) is 2.34. The molecule has 0 radical (unpaired) electrons.